The number of pyridine rings is 1. The molecule has 0 amide bonds. The van der Waals surface area contributed by atoms with Crippen LogP contribution < -0.4 is 5.43 Å². The smallest absolute Gasteiger partial charge is 0.225 e. The van der Waals surface area contributed by atoms with E-state index in [0.717, 1.165) is 0 Å². The topological polar surface area (TPSA) is 83.3 Å². The van der Waals surface area contributed by atoms with Crippen LogP contribution in [0.2, 0.25) is 0 Å². The Morgan fingerprint density at radius 1 is 1.26 bits per heavy atom. The molecule has 0 fully saturated rings. The van der Waals surface area contributed by atoms with Crippen molar-refractivity contribution in [2.75, 3.05) is 0 Å². The molecule has 2 N–H and O–H groups in total. The lowest BCUT2D eigenvalue weighted by atomic mass is 10.1. The normalized spacial score (nSPS) is 11.6. The summed E-state index contributed by atoms with van der Waals surface area (Å²) in [5.74, 6) is -0.261. The Kier molecular flexibility index (Phi) is 1.76. The Bertz CT molecular complexity index is 1000. The van der Waals surface area contributed by atoms with Crippen molar-refractivity contribution < 1.29 is 5.11 Å². The van der Waals surface area contributed by atoms with Crippen LogP contribution in [0.15, 0.2) is 41.6 Å². The van der Waals surface area contributed by atoms with Gasteiger partial charge in [-0.2, -0.15) is 4.98 Å². The van der Waals surface area contributed by atoms with Crippen molar-refractivity contribution in [3.8, 4) is 5.88 Å². The Hall–Kier alpha value is -2.89. The van der Waals surface area contributed by atoms with Gasteiger partial charge in [-0.25, -0.2) is 4.98 Å². The molecule has 92 valence electrons. The predicted molar refractivity (Wildman–Crippen MR) is 70.3 cm³/mol. The van der Waals surface area contributed by atoms with Gasteiger partial charge >= 0.3 is 0 Å². The number of aromatic amines is 1. The van der Waals surface area contributed by atoms with Gasteiger partial charge in [0.15, 0.2) is 16.7 Å². The van der Waals surface area contributed by atoms with Crippen molar-refractivity contribution in [2.45, 2.75) is 0 Å². The van der Waals surface area contributed by atoms with E-state index in [9.17, 15) is 9.90 Å². The second-order valence-electron chi connectivity index (χ2n) is 4.25. The molecule has 0 atom stereocenters. The maximum atomic E-state index is 11.8. The number of H-pyrrole nitrogens is 1. The first-order chi connectivity index (χ1) is 9.25. The van der Waals surface area contributed by atoms with Gasteiger partial charge in [0, 0.05) is 24.0 Å². The number of hydrogen-bond donors (Lipinski definition) is 2. The summed E-state index contributed by atoms with van der Waals surface area (Å²) in [6, 6.07) is 4.81. The fraction of sp³-hybridized carbons (Fsp3) is 0. The maximum Gasteiger partial charge on any atom is 0.225 e. The predicted octanol–water partition coefficient (Wildman–Crippen LogP) is 1.43. The Balaban J connectivity index is 2.39. The third-order valence-corrected chi connectivity index (χ3v) is 3.16. The molecule has 6 heteroatoms. The standard InChI is InChI=1S/C13H8N4O2/c18-8-3-1-2-7-10(8)13(19)16-12-11(7)15-9-6-14-4-5-17(9)12/h1-6,14,19H. The van der Waals surface area contributed by atoms with E-state index in [1.165, 1.54) is 6.07 Å². The van der Waals surface area contributed by atoms with Crippen LogP contribution >= 0.6 is 0 Å². The molecule has 0 saturated heterocycles. The van der Waals surface area contributed by atoms with E-state index in [1.807, 2.05) is 0 Å². The van der Waals surface area contributed by atoms with E-state index >= 15 is 0 Å². The first-order valence-electron chi connectivity index (χ1n) is 5.72. The average molecular weight is 252 g/mol. The van der Waals surface area contributed by atoms with Crippen molar-refractivity contribution in [3.63, 3.8) is 0 Å². The van der Waals surface area contributed by atoms with Crippen molar-refractivity contribution >= 4 is 27.6 Å². The zero-order valence-corrected chi connectivity index (χ0v) is 9.66. The number of fused-ring (bicyclic) bond motifs is 5. The van der Waals surface area contributed by atoms with Crippen LogP contribution in [0.3, 0.4) is 0 Å². The van der Waals surface area contributed by atoms with Crippen LogP contribution in [0.5, 0.6) is 5.88 Å². The van der Waals surface area contributed by atoms with Gasteiger partial charge in [-0.1, -0.05) is 12.1 Å². The highest BCUT2D eigenvalue weighted by Gasteiger charge is 2.14. The highest BCUT2D eigenvalue weighted by Crippen LogP contribution is 2.27. The van der Waals surface area contributed by atoms with Crippen LogP contribution in [0, 0.1) is 0 Å². The molecule has 0 aliphatic rings. The van der Waals surface area contributed by atoms with Crippen molar-refractivity contribution in [1.29, 1.82) is 0 Å². The summed E-state index contributed by atoms with van der Waals surface area (Å²) in [5.41, 5.74) is 1.55. The number of aromatic hydroxyl groups is 1. The van der Waals surface area contributed by atoms with Gasteiger partial charge in [-0.15, -0.1) is 0 Å². The minimum Gasteiger partial charge on any atom is -0.493 e. The molecule has 0 bridgehead atoms. The number of nitrogens with zero attached hydrogens (tertiary/aromatic N) is 3. The van der Waals surface area contributed by atoms with E-state index in [2.05, 4.69) is 15.0 Å². The van der Waals surface area contributed by atoms with Gasteiger partial charge in [0.1, 0.15) is 5.52 Å². The lowest BCUT2D eigenvalue weighted by molar-refractivity contribution is 0.462. The molecule has 0 aliphatic carbocycles. The molecular weight excluding hydrogens is 244 g/mol. The second-order valence-corrected chi connectivity index (χ2v) is 4.25. The summed E-state index contributed by atoms with van der Waals surface area (Å²) < 4.78 is 1.75. The Morgan fingerprint density at radius 2 is 2.16 bits per heavy atom. The number of imidazole rings is 1. The van der Waals surface area contributed by atoms with Gasteiger partial charge in [0.2, 0.25) is 5.88 Å². The van der Waals surface area contributed by atoms with E-state index in [4.69, 9.17) is 0 Å². The molecular formula is C13H8N4O2. The largest absolute Gasteiger partial charge is 0.493 e. The maximum absolute atomic E-state index is 11.8. The Morgan fingerprint density at radius 3 is 3.05 bits per heavy atom. The molecule has 0 unspecified atom stereocenters. The molecule has 19 heavy (non-hydrogen) atoms. The molecule has 0 radical (unpaired) electrons. The van der Waals surface area contributed by atoms with Crippen LogP contribution in [-0.2, 0) is 0 Å². The zero-order valence-electron chi connectivity index (χ0n) is 9.66. The highest BCUT2D eigenvalue weighted by atomic mass is 16.3. The molecule has 0 spiro atoms. The van der Waals surface area contributed by atoms with Gasteiger partial charge in [-0.3, -0.25) is 9.20 Å². The molecule has 3 heterocycles. The van der Waals surface area contributed by atoms with E-state index in [1.54, 1.807) is 35.1 Å². The highest BCUT2D eigenvalue weighted by molar-refractivity contribution is 6.05. The number of nitrogens with one attached hydrogen (secondary N) is 1. The Labute approximate surface area is 106 Å². The first-order valence-corrected chi connectivity index (χ1v) is 5.72. The molecule has 4 rings (SSSR count). The lowest BCUT2D eigenvalue weighted by Crippen LogP contribution is -2.00. The summed E-state index contributed by atoms with van der Waals surface area (Å²) >= 11 is 0. The van der Waals surface area contributed by atoms with Gasteiger partial charge in [-0.05, 0) is 6.07 Å². The van der Waals surface area contributed by atoms with Crippen LogP contribution in [0.25, 0.3) is 27.6 Å². The number of aromatic nitrogens is 4. The second kappa shape index (κ2) is 3.32. The average Bonchev–Trinajstić information content (AvgIpc) is 2.78. The fourth-order valence-corrected chi connectivity index (χ4v) is 2.33. The number of benzene rings is 1. The molecule has 1 aromatic carbocycles. The third kappa shape index (κ3) is 1.22. The third-order valence-electron chi connectivity index (χ3n) is 3.16. The van der Waals surface area contributed by atoms with Crippen LogP contribution in [0.4, 0.5) is 0 Å². The van der Waals surface area contributed by atoms with E-state index in [-0.39, 0.29) is 16.7 Å². The van der Waals surface area contributed by atoms with Crippen LogP contribution in [-0.4, -0.2) is 24.5 Å². The summed E-state index contributed by atoms with van der Waals surface area (Å²) in [5, 5.41) is 10.8. The van der Waals surface area contributed by atoms with E-state index < -0.39 is 0 Å². The minimum absolute atomic E-state index is 0.211. The summed E-state index contributed by atoms with van der Waals surface area (Å²) in [6.45, 7) is 0. The van der Waals surface area contributed by atoms with Crippen LogP contribution in [0.1, 0.15) is 0 Å². The van der Waals surface area contributed by atoms with Crippen molar-refractivity contribution in [3.05, 3.63) is 47.0 Å². The van der Waals surface area contributed by atoms with Crippen molar-refractivity contribution in [1.82, 2.24) is 19.4 Å². The fourth-order valence-electron chi connectivity index (χ4n) is 2.33. The SMILES string of the molecule is O=c1cccc2c1c(O)nc1c2nc2c[nH]ccn21. The molecule has 6 nitrogen and oxygen atoms in total. The number of rotatable bonds is 0. The molecule has 0 saturated carbocycles. The quantitative estimate of drug-likeness (QED) is 0.496. The zero-order chi connectivity index (χ0) is 13.0. The number of hydrogen-bond acceptors (Lipinski definition) is 4. The molecule has 4 aromatic rings. The molecule has 0 aliphatic heterocycles. The minimum atomic E-state index is -0.261. The van der Waals surface area contributed by atoms with E-state index in [0.29, 0.717) is 22.2 Å². The lowest BCUT2D eigenvalue weighted by Gasteiger charge is -2.00. The summed E-state index contributed by atoms with van der Waals surface area (Å²) in [4.78, 5) is 23.3. The van der Waals surface area contributed by atoms with Gasteiger partial charge in [0.25, 0.3) is 0 Å². The van der Waals surface area contributed by atoms with Gasteiger partial charge < -0.3 is 10.1 Å². The van der Waals surface area contributed by atoms with Gasteiger partial charge in [0.05, 0.1) is 5.39 Å². The summed E-state index contributed by atoms with van der Waals surface area (Å²) in [6.07, 6.45) is 5.23. The summed E-state index contributed by atoms with van der Waals surface area (Å²) in [7, 11) is 0. The first kappa shape index (κ1) is 10.1. The monoisotopic (exact) mass is 252 g/mol. The molecule has 3 aromatic heterocycles. The van der Waals surface area contributed by atoms with Crippen molar-refractivity contribution in [2.24, 2.45) is 0 Å².